The van der Waals surface area contributed by atoms with E-state index in [1.54, 1.807) is 12.1 Å². The van der Waals surface area contributed by atoms with Gasteiger partial charge in [0.05, 0.1) is 0 Å². The fraction of sp³-hybridized carbons (Fsp3) is 0.263. The van der Waals surface area contributed by atoms with E-state index in [-0.39, 0.29) is 17.6 Å². The van der Waals surface area contributed by atoms with E-state index in [0.717, 1.165) is 36.0 Å². The number of aromatic nitrogens is 2. The van der Waals surface area contributed by atoms with Crippen molar-refractivity contribution in [2.45, 2.75) is 26.2 Å². The Balaban J connectivity index is 1.82. The summed E-state index contributed by atoms with van der Waals surface area (Å²) in [6.07, 6.45) is 4.89. The molecule has 2 heterocycles. The first kappa shape index (κ1) is 14.9. The van der Waals surface area contributed by atoms with Crippen LogP contribution in [0.2, 0.25) is 0 Å². The van der Waals surface area contributed by atoms with Gasteiger partial charge in [-0.1, -0.05) is 6.42 Å². The average molecular weight is 323 g/mol. The first-order valence-corrected chi connectivity index (χ1v) is 8.17. The molecule has 1 amide bonds. The zero-order chi connectivity index (χ0) is 16.7. The number of nitrogens with zero attached hydrogens (tertiary/aromatic N) is 2. The molecule has 0 bridgehead atoms. The second-order valence-corrected chi connectivity index (χ2v) is 6.37. The molecule has 0 aliphatic heterocycles. The molecule has 0 spiro atoms. The van der Waals surface area contributed by atoms with Crippen molar-refractivity contribution in [3.05, 3.63) is 54.0 Å². The van der Waals surface area contributed by atoms with Gasteiger partial charge in [-0.2, -0.15) is 0 Å². The van der Waals surface area contributed by atoms with E-state index in [9.17, 15) is 9.18 Å². The molecule has 122 valence electrons. The minimum Gasteiger partial charge on any atom is -0.310 e. The van der Waals surface area contributed by atoms with Crippen molar-refractivity contribution in [3.8, 4) is 11.3 Å². The number of halogens is 1. The fourth-order valence-electron chi connectivity index (χ4n) is 2.96. The number of amides is 1. The summed E-state index contributed by atoms with van der Waals surface area (Å²) in [4.78, 5) is 17.1. The molecule has 0 atom stereocenters. The van der Waals surface area contributed by atoms with Crippen molar-refractivity contribution in [1.29, 1.82) is 0 Å². The van der Waals surface area contributed by atoms with Crippen LogP contribution in [0.1, 0.15) is 24.8 Å². The minimum absolute atomic E-state index is 0.0342. The normalized spacial score (nSPS) is 14.6. The molecule has 3 aromatic rings. The summed E-state index contributed by atoms with van der Waals surface area (Å²) in [5, 5.41) is 3.04. The number of hydrogen-bond donors (Lipinski definition) is 1. The highest BCUT2D eigenvalue weighted by atomic mass is 19.1. The third-order valence-corrected chi connectivity index (χ3v) is 4.62. The van der Waals surface area contributed by atoms with E-state index in [1.807, 2.05) is 29.7 Å². The van der Waals surface area contributed by atoms with Gasteiger partial charge < -0.3 is 5.32 Å². The minimum atomic E-state index is -0.293. The van der Waals surface area contributed by atoms with Crippen molar-refractivity contribution >= 4 is 17.4 Å². The lowest BCUT2D eigenvalue weighted by Crippen LogP contribution is -2.28. The summed E-state index contributed by atoms with van der Waals surface area (Å²) < 4.78 is 15.1. The highest BCUT2D eigenvalue weighted by Gasteiger charge is 2.27. The standard InChI is InChI=1S/C19H18FN3O/c1-12-9-10-23-16(11-12)21-17(13-5-7-15(20)8-6-13)18(23)22-19(24)14-3-2-4-14/h5-11,14H,2-4H2,1H3,(H,22,24). The molecule has 1 saturated carbocycles. The Kier molecular flexibility index (Phi) is 3.56. The van der Waals surface area contributed by atoms with Crippen molar-refractivity contribution in [3.63, 3.8) is 0 Å². The number of anilines is 1. The van der Waals surface area contributed by atoms with Gasteiger partial charge in [-0.05, 0) is 61.7 Å². The van der Waals surface area contributed by atoms with Crippen molar-refractivity contribution in [2.24, 2.45) is 5.92 Å². The lowest BCUT2D eigenvalue weighted by atomic mass is 9.85. The number of rotatable bonds is 3. The molecule has 5 heteroatoms. The van der Waals surface area contributed by atoms with Crippen LogP contribution >= 0.6 is 0 Å². The summed E-state index contributed by atoms with van der Waals surface area (Å²) in [5.41, 5.74) is 3.29. The van der Waals surface area contributed by atoms with Gasteiger partial charge in [-0.3, -0.25) is 9.20 Å². The Labute approximate surface area is 139 Å². The Morgan fingerprint density at radius 3 is 2.67 bits per heavy atom. The largest absolute Gasteiger partial charge is 0.310 e. The SMILES string of the molecule is Cc1ccn2c(NC(=O)C3CCC3)c(-c3ccc(F)cc3)nc2c1. The summed E-state index contributed by atoms with van der Waals surface area (Å²) in [7, 11) is 0. The number of imidazole rings is 1. The van der Waals surface area contributed by atoms with E-state index in [1.165, 1.54) is 12.1 Å². The predicted octanol–water partition coefficient (Wildman–Crippen LogP) is 4.19. The summed E-state index contributed by atoms with van der Waals surface area (Å²) in [6.45, 7) is 2.00. The smallest absolute Gasteiger partial charge is 0.228 e. The number of fused-ring (bicyclic) bond motifs is 1. The number of hydrogen-bond acceptors (Lipinski definition) is 2. The summed E-state index contributed by atoms with van der Waals surface area (Å²) in [5.74, 6) is 0.473. The van der Waals surface area contributed by atoms with E-state index >= 15 is 0 Å². The molecule has 0 radical (unpaired) electrons. The molecule has 1 aliphatic carbocycles. The number of carbonyl (C=O) groups excluding carboxylic acids is 1. The maximum atomic E-state index is 13.2. The van der Waals surface area contributed by atoms with E-state index in [2.05, 4.69) is 10.3 Å². The lowest BCUT2D eigenvalue weighted by Gasteiger charge is -2.24. The molecule has 1 aliphatic rings. The van der Waals surface area contributed by atoms with Crippen molar-refractivity contribution < 1.29 is 9.18 Å². The first-order chi connectivity index (χ1) is 11.6. The first-order valence-electron chi connectivity index (χ1n) is 8.17. The molecule has 4 nitrogen and oxygen atoms in total. The third-order valence-electron chi connectivity index (χ3n) is 4.62. The topological polar surface area (TPSA) is 46.4 Å². The van der Waals surface area contributed by atoms with Gasteiger partial charge in [0.1, 0.15) is 23.0 Å². The van der Waals surface area contributed by atoms with Crippen LogP contribution in [0.3, 0.4) is 0 Å². The zero-order valence-corrected chi connectivity index (χ0v) is 13.4. The Morgan fingerprint density at radius 1 is 1.25 bits per heavy atom. The summed E-state index contributed by atoms with van der Waals surface area (Å²) in [6, 6.07) is 10.1. The molecule has 0 unspecified atom stereocenters. The van der Waals surface area contributed by atoms with Gasteiger partial charge in [0, 0.05) is 17.7 Å². The van der Waals surface area contributed by atoms with Gasteiger partial charge in [0.25, 0.3) is 0 Å². The maximum absolute atomic E-state index is 13.2. The zero-order valence-electron chi connectivity index (χ0n) is 13.4. The van der Waals surface area contributed by atoms with Gasteiger partial charge in [-0.15, -0.1) is 0 Å². The predicted molar refractivity (Wildman–Crippen MR) is 91.3 cm³/mol. The monoisotopic (exact) mass is 323 g/mol. The molecular formula is C19H18FN3O. The number of aryl methyl sites for hydroxylation is 1. The maximum Gasteiger partial charge on any atom is 0.228 e. The van der Waals surface area contributed by atoms with Crippen LogP contribution in [0.4, 0.5) is 10.2 Å². The second kappa shape index (κ2) is 5.74. The van der Waals surface area contributed by atoms with E-state index < -0.39 is 0 Å². The average Bonchev–Trinajstić information content (AvgIpc) is 2.84. The summed E-state index contributed by atoms with van der Waals surface area (Å²) >= 11 is 0. The van der Waals surface area contributed by atoms with Crippen LogP contribution in [0, 0.1) is 18.7 Å². The molecule has 1 fully saturated rings. The Hall–Kier alpha value is -2.69. The molecule has 24 heavy (non-hydrogen) atoms. The molecule has 1 N–H and O–H groups in total. The van der Waals surface area contributed by atoms with E-state index in [4.69, 9.17) is 0 Å². The van der Waals surface area contributed by atoms with Crippen LogP contribution < -0.4 is 5.32 Å². The second-order valence-electron chi connectivity index (χ2n) is 6.37. The van der Waals surface area contributed by atoms with Gasteiger partial charge in [0.15, 0.2) is 0 Å². The molecule has 2 aromatic heterocycles. The van der Waals surface area contributed by atoms with Crippen LogP contribution in [0.15, 0.2) is 42.6 Å². The number of nitrogens with one attached hydrogen (secondary N) is 1. The molecule has 4 rings (SSSR count). The molecule has 1 aromatic carbocycles. The van der Waals surface area contributed by atoms with Gasteiger partial charge in [-0.25, -0.2) is 9.37 Å². The Morgan fingerprint density at radius 2 is 2.00 bits per heavy atom. The van der Waals surface area contributed by atoms with Crippen LogP contribution in [-0.2, 0) is 4.79 Å². The molecule has 0 saturated heterocycles. The van der Waals surface area contributed by atoms with Crippen LogP contribution in [-0.4, -0.2) is 15.3 Å². The molecular weight excluding hydrogens is 305 g/mol. The van der Waals surface area contributed by atoms with Gasteiger partial charge >= 0.3 is 0 Å². The Bertz CT molecular complexity index is 910. The number of pyridine rings is 1. The van der Waals surface area contributed by atoms with Gasteiger partial charge in [0.2, 0.25) is 5.91 Å². The lowest BCUT2D eigenvalue weighted by molar-refractivity contribution is -0.122. The number of benzene rings is 1. The van der Waals surface area contributed by atoms with Crippen LogP contribution in [0.25, 0.3) is 16.9 Å². The van der Waals surface area contributed by atoms with E-state index in [0.29, 0.717) is 11.5 Å². The fourth-order valence-corrected chi connectivity index (χ4v) is 2.96. The third kappa shape index (κ3) is 2.56. The number of carbonyl (C=O) groups is 1. The van der Waals surface area contributed by atoms with Crippen molar-refractivity contribution in [2.75, 3.05) is 5.32 Å². The highest BCUT2D eigenvalue weighted by Crippen LogP contribution is 2.32. The van der Waals surface area contributed by atoms with Crippen molar-refractivity contribution in [1.82, 2.24) is 9.38 Å². The quantitative estimate of drug-likeness (QED) is 0.785. The van der Waals surface area contributed by atoms with Crippen LogP contribution in [0.5, 0.6) is 0 Å². The highest BCUT2D eigenvalue weighted by molar-refractivity contribution is 5.96.